The molecule has 10 heavy (non-hydrogen) atoms. The first kappa shape index (κ1) is 10.2. The van der Waals surface area contributed by atoms with E-state index in [1.165, 1.54) is 0 Å². The number of hydrogen-bond acceptors (Lipinski definition) is 2. The Morgan fingerprint density at radius 3 is 1.60 bits per heavy atom. The molecule has 0 aliphatic carbocycles. The summed E-state index contributed by atoms with van der Waals surface area (Å²) in [5.74, 6) is 0.367. The minimum absolute atomic E-state index is 0.0741. The van der Waals surface area contributed by atoms with Crippen molar-refractivity contribution in [2.24, 2.45) is 5.92 Å². The Balaban J connectivity index is 3.76. The van der Waals surface area contributed by atoms with Crippen LogP contribution in [0.15, 0.2) is 0 Å². The number of methoxy groups -OCH3 is 2. The Kier molecular flexibility index (Phi) is 5.04. The quantitative estimate of drug-likeness (QED) is 0.469. The molecule has 0 saturated heterocycles. The summed E-state index contributed by atoms with van der Waals surface area (Å²) < 4.78 is 9.94. The molecule has 2 nitrogen and oxygen atoms in total. The van der Waals surface area contributed by atoms with E-state index in [0.717, 1.165) is 0 Å². The minimum atomic E-state index is -0.290. The Hall–Kier alpha value is 0.210. The number of halogens is 1. The van der Waals surface area contributed by atoms with Gasteiger partial charge in [-0.25, -0.2) is 0 Å². The van der Waals surface area contributed by atoms with Crippen molar-refractivity contribution in [3.8, 4) is 0 Å². The molecular weight excluding hydrogens is 152 g/mol. The van der Waals surface area contributed by atoms with Crippen LogP contribution in [-0.4, -0.2) is 25.9 Å². The summed E-state index contributed by atoms with van der Waals surface area (Å²) in [7, 11) is 3.18. The van der Waals surface area contributed by atoms with Crippen LogP contribution in [0.3, 0.4) is 0 Å². The van der Waals surface area contributed by atoms with E-state index in [9.17, 15) is 0 Å². The lowest BCUT2D eigenvalue weighted by molar-refractivity contribution is -0.108. The first-order valence-corrected chi connectivity index (χ1v) is 3.76. The smallest absolute Gasteiger partial charge is 0.173 e. The zero-order valence-corrected chi connectivity index (χ0v) is 7.68. The molecule has 0 aromatic rings. The third kappa shape index (κ3) is 2.86. The minimum Gasteiger partial charge on any atom is -0.354 e. The van der Waals surface area contributed by atoms with Gasteiger partial charge in [-0.15, -0.1) is 11.6 Å². The van der Waals surface area contributed by atoms with Crippen LogP contribution >= 0.6 is 11.6 Å². The Bertz CT molecular complexity index is 81.7. The third-order valence-electron chi connectivity index (χ3n) is 1.36. The number of hydrogen-bond donors (Lipinski definition) is 0. The average molecular weight is 167 g/mol. The molecule has 0 saturated carbocycles. The molecule has 0 aliphatic heterocycles. The monoisotopic (exact) mass is 166 g/mol. The fraction of sp³-hybridized carbons (Fsp3) is 1.00. The van der Waals surface area contributed by atoms with Gasteiger partial charge in [-0.3, -0.25) is 0 Å². The molecule has 0 spiro atoms. The maximum atomic E-state index is 5.93. The molecule has 0 rings (SSSR count). The van der Waals surface area contributed by atoms with Crippen molar-refractivity contribution in [2.75, 3.05) is 14.2 Å². The predicted octanol–water partition coefficient (Wildman–Crippen LogP) is 1.87. The van der Waals surface area contributed by atoms with E-state index >= 15 is 0 Å². The van der Waals surface area contributed by atoms with Crippen LogP contribution in [-0.2, 0) is 9.47 Å². The van der Waals surface area contributed by atoms with E-state index in [-0.39, 0.29) is 11.7 Å². The highest BCUT2D eigenvalue weighted by molar-refractivity contribution is 6.21. The summed E-state index contributed by atoms with van der Waals surface area (Å²) in [6.45, 7) is 4.06. The fourth-order valence-corrected chi connectivity index (χ4v) is 0.876. The lowest BCUT2D eigenvalue weighted by atomic mass is 10.1. The van der Waals surface area contributed by atoms with Gasteiger partial charge < -0.3 is 9.47 Å². The maximum absolute atomic E-state index is 5.93. The highest BCUT2D eigenvalue weighted by Crippen LogP contribution is 2.16. The molecule has 0 amide bonds. The van der Waals surface area contributed by atoms with Crippen LogP contribution in [0.5, 0.6) is 0 Å². The standard InChI is InChI=1S/C7H15ClO2/c1-5(2)6(8)7(9-3)10-4/h5-7H,1-4H3. The first-order valence-electron chi connectivity index (χ1n) is 3.33. The van der Waals surface area contributed by atoms with Crippen molar-refractivity contribution in [3.63, 3.8) is 0 Å². The van der Waals surface area contributed by atoms with E-state index in [1.54, 1.807) is 14.2 Å². The van der Waals surface area contributed by atoms with Crippen LogP contribution in [0, 0.1) is 5.92 Å². The molecule has 1 unspecified atom stereocenters. The Morgan fingerprint density at radius 1 is 1.10 bits per heavy atom. The average Bonchev–Trinajstić information content (AvgIpc) is 1.90. The van der Waals surface area contributed by atoms with Crippen LogP contribution in [0.1, 0.15) is 13.8 Å². The van der Waals surface area contributed by atoms with Gasteiger partial charge in [0.25, 0.3) is 0 Å². The van der Waals surface area contributed by atoms with E-state index in [0.29, 0.717) is 5.92 Å². The molecule has 0 bridgehead atoms. The largest absolute Gasteiger partial charge is 0.354 e. The topological polar surface area (TPSA) is 18.5 Å². The van der Waals surface area contributed by atoms with E-state index in [1.807, 2.05) is 13.8 Å². The maximum Gasteiger partial charge on any atom is 0.173 e. The van der Waals surface area contributed by atoms with Gasteiger partial charge >= 0.3 is 0 Å². The summed E-state index contributed by atoms with van der Waals surface area (Å²) in [6, 6.07) is 0. The second-order valence-corrected chi connectivity index (χ2v) is 3.03. The van der Waals surface area contributed by atoms with E-state index in [2.05, 4.69) is 0 Å². The van der Waals surface area contributed by atoms with Gasteiger partial charge in [0.15, 0.2) is 6.29 Å². The second-order valence-electron chi connectivity index (χ2n) is 2.53. The molecule has 0 heterocycles. The lowest BCUT2D eigenvalue weighted by Crippen LogP contribution is -2.29. The molecular formula is C7H15ClO2. The number of ether oxygens (including phenoxy) is 2. The summed E-state index contributed by atoms with van der Waals surface area (Å²) in [4.78, 5) is 0. The molecule has 3 heteroatoms. The van der Waals surface area contributed by atoms with Gasteiger partial charge in [0.1, 0.15) is 0 Å². The van der Waals surface area contributed by atoms with Gasteiger partial charge in [-0.05, 0) is 5.92 Å². The lowest BCUT2D eigenvalue weighted by Gasteiger charge is -2.21. The van der Waals surface area contributed by atoms with Gasteiger partial charge in [0.2, 0.25) is 0 Å². The molecule has 0 N–H and O–H groups in total. The summed E-state index contributed by atoms with van der Waals surface area (Å²) in [5.41, 5.74) is 0. The SMILES string of the molecule is COC(OC)C(Cl)C(C)C. The fourth-order valence-electron chi connectivity index (χ4n) is 0.670. The van der Waals surface area contributed by atoms with Crippen LogP contribution in [0.25, 0.3) is 0 Å². The molecule has 62 valence electrons. The molecule has 0 aromatic carbocycles. The molecule has 0 aliphatic rings. The van der Waals surface area contributed by atoms with Crippen LogP contribution in [0.4, 0.5) is 0 Å². The normalized spacial score (nSPS) is 14.7. The highest BCUT2D eigenvalue weighted by atomic mass is 35.5. The van der Waals surface area contributed by atoms with E-state index < -0.39 is 0 Å². The van der Waals surface area contributed by atoms with Gasteiger partial charge in [0, 0.05) is 14.2 Å². The van der Waals surface area contributed by atoms with Crippen LogP contribution < -0.4 is 0 Å². The Morgan fingerprint density at radius 2 is 1.50 bits per heavy atom. The predicted molar refractivity (Wildman–Crippen MR) is 42.3 cm³/mol. The third-order valence-corrected chi connectivity index (χ3v) is 2.07. The van der Waals surface area contributed by atoms with Crippen molar-refractivity contribution in [2.45, 2.75) is 25.5 Å². The van der Waals surface area contributed by atoms with E-state index in [4.69, 9.17) is 21.1 Å². The second kappa shape index (κ2) is 4.94. The number of rotatable bonds is 4. The van der Waals surface area contributed by atoms with Gasteiger partial charge in [0.05, 0.1) is 5.38 Å². The summed E-state index contributed by atoms with van der Waals surface area (Å²) in [5, 5.41) is -0.0741. The van der Waals surface area contributed by atoms with Crippen molar-refractivity contribution < 1.29 is 9.47 Å². The van der Waals surface area contributed by atoms with Crippen molar-refractivity contribution in [1.82, 2.24) is 0 Å². The summed E-state index contributed by atoms with van der Waals surface area (Å²) in [6.07, 6.45) is -0.290. The molecule has 0 radical (unpaired) electrons. The molecule has 0 aromatic heterocycles. The molecule has 0 fully saturated rings. The van der Waals surface area contributed by atoms with Crippen molar-refractivity contribution in [3.05, 3.63) is 0 Å². The first-order chi connectivity index (χ1) is 4.63. The number of alkyl halides is 1. The van der Waals surface area contributed by atoms with Crippen LogP contribution in [0.2, 0.25) is 0 Å². The zero-order valence-electron chi connectivity index (χ0n) is 6.93. The van der Waals surface area contributed by atoms with Gasteiger partial charge in [-0.2, -0.15) is 0 Å². The Labute approximate surface area is 67.5 Å². The van der Waals surface area contributed by atoms with Gasteiger partial charge in [-0.1, -0.05) is 13.8 Å². The van der Waals surface area contributed by atoms with Crippen molar-refractivity contribution >= 4 is 11.6 Å². The van der Waals surface area contributed by atoms with Crippen molar-refractivity contribution in [1.29, 1.82) is 0 Å². The summed E-state index contributed by atoms with van der Waals surface area (Å²) >= 11 is 5.93. The molecule has 1 atom stereocenters. The highest BCUT2D eigenvalue weighted by Gasteiger charge is 2.20. The zero-order chi connectivity index (χ0) is 8.15.